The van der Waals surface area contributed by atoms with E-state index in [-0.39, 0.29) is 23.5 Å². The molecule has 2 fully saturated rings. The van der Waals surface area contributed by atoms with Crippen LogP contribution in [0.5, 0.6) is 11.5 Å². The van der Waals surface area contributed by atoms with Crippen molar-refractivity contribution in [2.45, 2.75) is 85.0 Å². The number of H-pyrrole nitrogens is 2. The molecule has 1 amide bonds. The second-order valence-corrected chi connectivity index (χ2v) is 15.2. The van der Waals surface area contributed by atoms with E-state index in [1.165, 1.54) is 13.8 Å². The molecule has 2 N–H and O–H groups in total. The van der Waals surface area contributed by atoms with Crippen molar-refractivity contribution >= 4 is 68.3 Å². The van der Waals surface area contributed by atoms with Crippen molar-refractivity contribution in [3.63, 3.8) is 0 Å². The van der Waals surface area contributed by atoms with Gasteiger partial charge in [-0.05, 0) is 92.2 Å². The highest BCUT2D eigenvalue weighted by Crippen LogP contribution is 2.65. The van der Waals surface area contributed by atoms with Crippen LogP contribution in [0.2, 0.25) is 0 Å². The Labute approximate surface area is 289 Å². The molecule has 4 aliphatic rings. The van der Waals surface area contributed by atoms with Crippen LogP contribution >= 0.6 is 11.6 Å². The van der Waals surface area contributed by atoms with E-state index in [4.69, 9.17) is 21.1 Å². The molecular formula is C39H40ClN3O6. The van der Waals surface area contributed by atoms with E-state index in [9.17, 15) is 19.2 Å². The summed E-state index contributed by atoms with van der Waals surface area (Å²) in [7, 11) is 0. The summed E-state index contributed by atoms with van der Waals surface area (Å²) in [5.74, 6) is 0.482. The summed E-state index contributed by atoms with van der Waals surface area (Å²) in [6.45, 7) is 9.37. The zero-order chi connectivity index (χ0) is 34.6. The van der Waals surface area contributed by atoms with Gasteiger partial charge in [0.15, 0.2) is 17.3 Å². The SMILES string of the molecule is CC(=O)Oc1cc2c(c3c(C)c[nH]c13)C(C)CC=C2C(=O)C12CCC(C(=O)N3CC(CCl)c4c3cc(OC(C)=O)c3[nH]cc(C)c43)(CC1)C2. The fourth-order valence-corrected chi connectivity index (χ4v) is 9.88. The molecule has 10 heteroatoms. The number of carbonyl (C=O) groups is 4. The summed E-state index contributed by atoms with van der Waals surface area (Å²) in [5, 5.41) is 1.94. The largest absolute Gasteiger partial charge is 0.424 e. The van der Waals surface area contributed by atoms with Crippen molar-refractivity contribution in [2.75, 3.05) is 17.3 Å². The van der Waals surface area contributed by atoms with E-state index in [0.717, 1.165) is 61.7 Å². The number of anilines is 1. The van der Waals surface area contributed by atoms with Gasteiger partial charge in [-0.2, -0.15) is 0 Å². The molecule has 0 saturated heterocycles. The predicted molar refractivity (Wildman–Crippen MR) is 188 cm³/mol. The monoisotopic (exact) mass is 681 g/mol. The average molecular weight is 682 g/mol. The number of rotatable bonds is 6. The summed E-state index contributed by atoms with van der Waals surface area (Å²) >= 11 is 6.55. The lowest BCUT2D eigenvalue weighted by atomic mass is 9.72. The highest BCUT2D eigenvalue weighted by molar-refractivity contribution is 6.26. The number of benzene rings is 2. The highest BCUT2D eigenvalue weighted by Gasteiger charge is 2.63. The Morgan fingerprint density at radius 1 is 0.878 bits per heavy atom. The number of Topliss-reactive ketones (excluding diaryl/α,β-unsaturated/α-hetero) is 1. The van der Waals surface area contributed by atoms with Gasteiger partial charge >= 0.3 is 11.9 Å². The van der Waals surface area contributed by atoms with E-state index in [0.29, 0.717) is 61.6 Å². The van der Waals surface area contributed by atoms with Crippen molar-refractivity contribution in [1.29, 1.82) is 0 Å². The third-order valence-corrected chi connectivity index (χ3v) is 12.2. The Balaban J connectivity index is 1.15. The maximum absolute atomic E-state index is 14.8. The van der Waals surface area contributed by atoms with Gasteiger partial charge in [-0.3, -0.25) is 19.2 Å². The van der Waals surface area contributed by atoms with Crippen LogP contribution in [0.1, 0.15) is 98.9 Å². The lowest BCUT2D eigenvalue weighted by Crippen LogP contribution is -2.41. The molecule has 4 aromatic rings. The number of hydrogen-bond donors (Lipinski definition) is 2. The van der Waals surface area contributed by atoms with Crippen LogP contribution in [0.3, 0.4) is 0 Å². The second kappa shape index (κ2) is 11.1. The summed E-state index contributed by atoms with van der Waals surface area (Å²) in [6, 6.07) is 3.65. The molecule has 2 saturated carbocycles. The molecule has 2 bridgehead atoms. The fourth-order valence-electron chi connectivity index (χ4n) is 9.63. The molecule has 2 atom stereocenters. The lowest BCUT2D eigenvalue weighted by Gasteiger charge is -2.31. The van der Waals surface area contributed by atoms with Gasteiger partial charge in [-0.25, -0.2) is 0 Å². The number of ketones is 1. The quantitative estimate of drug-likeness (QED) is 0.121. The molecule has 49 heavy (non-hydrogen) atoms. The van der Waals surface area contributed by atoms with Crippen LogP contribution in [-0.4, -0.2) is 46.0 Å². The van der Waals surface area contributed by atoms with Gasteiger partial charge in [0, 0.05) is 72.4 Å². The first-order chi connectivity index (χ1) is 23.4. The van der Waals surface area contributed by atoms with Crippen molar-refractivity contribution in [3.05, 3.63) is 58.4 Å². The van der Waals surface area contributed by atoms with E-state index < -0.39 is 22.8 Å². The minimum Gasteiger partial charge on any atom is -0.424 e. The lowest BCUT2D eigenvalue weighted by molar-refractivity contribution is -0.132. The summed E-state index contributed by atoms with van der Waals surface area (Å²) in [6.07, 6.45) is 9.59. The Bertz CT molecular complexity index is 2160. The number of alkyl halides is 1. The number of esters is 2. The minimum atomic E-state index is -0.673. The maximum atomic E-state index is 14.8. The van der Waals surface area contributed by atoms with Crippen molar-refractivity contribution in [1.82, 2.24) is 9.97 Å². The van der Waals surface area contributed by atoms with E-state index >= 15 is 0 Å². The van der Waals surface area contributed by atoms with Gasteiger partial charge in [0.1, 0.15) is 0 Å². The van der Waals surface area contributed by atoms with Crippen LogP contribution in [-0.2, 0) is 19.2 Å². The zero-order valence-electron chi connectivity index (χ0n) is 28.5. The number of halogens is 1. The first kappa shape index (κ1) is 31.9. The van der Waals surface area contributed by atoms with Gasteiger partial charge in [0.05, 0.1) is 22.1 Å². The first-order valence-corrected chi connectivity index (χ1v) is 17.7. The number of nitrogens with zero attached hydrogens (tertiary/aromatic N) is 1. The van der Waals surface area contributed by atoms with Gasteiger partial charge in [-0.15, -0.1) is 11.6 Å². The molecule has 9 nitrogen and oxygen atoms in total. The van der Waals surface area contributed by atoms with Gasteiger partial charge in [-0.1, -0.05) is 13.0 Å². The molecule has 254 valence electrons. The van der Waals surface area contributed by atoms with E-state index in [1.54, 1.807) is 6.07 Å². The van der Waals surface area contributed by atoms with Crippen molar-refractivity contribution < 1.29 is 28.7 Å². The predicted octanol–water partition coefficient (Wildman–Crippen LogP) is 7.90. The minimum absolute atomic E-state index is 0.0169. The molecule has 3 aliphatic carbocycles. The molecule has 0 spiro atoms. The molecular weight excluding hydrogens is 642 g/mol. The average Bonchev–Trinajstić information content (AvgIpc) is 3.89. The number of aryl methyl sites for hydroxylation is 2. The van der Waals surface area contributed by atoms with Crippen LogP contribution in [0.4, 0.5) is 5.69 Å². The van der Waals surface area contributed by atoms with Crippen LogP contribution in [0, 0.1) is 24.7 Å². The van der Waals surface area contributed by atoms with Gasteiger partial charge in [0.2, 0.25) is 5.91 Å². The number of hydrogen-bond acceptors (Lipinski definition) is 6. The summed E-state index contributed by atoms with van der Waals surface area (Å²) in [5.41, 5.74) is 6.51. The van der Waals surface area contributed by atoms with Crippen LogP contribution < -0.4 is 14.4 Å². The fraction of sp³-hybridized carbons (Fsp3) is 0.436. The third kappa shape index (κ3) is 4.57. The number of aromatic nitrogens is 2. The number of amides is 1. The molecule has 2 aromatic heterocycles. The van der Waals surface area contributed by atoms with Gasteiger partial charge < -0.3 is 24.3 Å². The normalized spacial score (nSPS) is 25.4. The molecule has 2 aromatic carbocycles. The molecule has 0 radical (unpaired) electrons. The standard InChI is InChI=1S/C39H40ClN3O6/c1-19-6-7-25(26-12-28(48-22(4)44)34-31(30(19)26)20(2)15-41-34)36(46)38-8-10-39(18-38,11-9-38)37(47)43-17-24(14-40)33-27(43)13-29(49-23(5)45)35-32(33)21(3)16-42-35/h7,12-13,15-16,19,24,41-42H,6,8-11,14,17-18H2,1-5H3. The van der Waals surface area contributed by atoms with Crippen molar-refractivity contribution in [2.24, 2.45) is 10.8 Å². The Morgan fingerprint density at radius 2 is 1.45 bits per heavy atom. The second-order valence-electron chi connectivity index (χ2n) is 14.9. The number of aromatic amines is 2. The molecule has 8 rings (SSSR count). The van der Waals surface area contributed by atoms with Crippen LogP contribution in [0.15, 0.2) is 30.6 Å². The zero-order valence-corrected chi connectivity index (χ0v) is 29.2. The number of nitrogens with one attached hydrogen (secondary N) is 2. The van der Waals surface area contributed by atoms with E-state index in [1.807, 2.05) is 37.2 Å². The van der Waals surface area contributed by atoms with Crippen molar-refractivity contribution in [3.8, 4) is 11.5 Å². The topological polar surface area (TPSA) is 122 Å². The Morgan fingerprint density at radius 3 is 2.04 bits per heavy atom. The van der Waals surface area contributed by atoms with Crippen LogP contribution in [0.25, 0.3) is 27.4 Å². The number of allylic oxidation sites excluding steroid dienone is 2. The third-order valence-electron chi connectivity index (χ3n) is 11.8. The van der Waals surface area contributed by atoms with Gasteiger partial charge in [0.25, 0.3) is 0 Å². The maximum Gasteiger partial charge on any atom is 0.308 e. The Hall–Kier alpha value is -4.37. The smallest absolute Gasteiger partial charge is 0.308 e. The number of fused-ring (bicyclic) bond motifs is 8. The molecule has 1 aliphatic heterocycles. The summed E-state index contributed by atoms with van der Waals surface area (Å²) < 4.78 is 11.3. The number of ether oxygens (including phenoxy) is 2. The molecule has 2 unspecified atom stereocenters. The summed E-state index contributed by atoms with van der Waals surface area (Å²) in [4.78, 5) is 62.2. The first-order valence-electron chi connectivity index (χ1n) is 17.2. The molecule has 3 heterocycles. The van der Waals surface area contributed by atoms with E-state index in [2.05, 4.69) is 23.0 Å². The highest BCUT2D eigenvalue weighted by atomic mass is 35.5. The Kier molecular flexibility index (Phi) is 7.20. The number of carbonyl (C=O) groups excluding carboxylic acids is 4.